The molecule has 0 bridgehead atoms. The topological polar surface area (TPSA) is 122 Å². The van der Waals surface area contributed by atoms with Gasteiger partial charge in [-0.25, -0.2) is 14.2 Å². The van der Waals surface area contributed by atoms with Gasteiger partial charge in [0.25, 0.3) is 5.91 Å². The zero-order valence-electron chi connectivity index (χ0n) is 8.93. The Morgan fingerprint density at radius 2 is 2.06 bits per heavy atom. The lowest BCUT2D eigenvalue weighted by molar-refractivity contribution is -0.135. The second kappa shape index (κ2) is 5.10. The molecule has 1 fully saturated rings. The Hall–Kier alpha value is -1.68. The number of amides is 4. The van der Waals surface area contributed by atoms with Crippen molar-refractivity contribution in [2.24, 2.45) is 0 Å². The monoisotopic (exact) mass is 265 g/mol. The third kappa shape index (κ3) is 3.67. The molecule has 1 rings (SSSR count). The minimum atomic E-state index is -4.32. The zero-order chi connectivity index (χ0) is 13.1. The van der Waals surface area contributed by atoms with Crippen LogP contribution in [0.2, 0.25) is 0 Å². The number of urea groups is 1. The van der Waals surface area contributed by atoms with E-state index in [0.29, 0.717) is 0 Å². The molecule has 0 unspecified atom stereocenters. The summed E-state index contributed by atoms with van der Waals surface area (Å²) in [6, 6.07) is -1.08. The van der Waals surface area contributed by atoms with E-state index in [4.69, 9.17) is 0 Å². The number of β-lactam (4-membered cyclic amide) rings is 1. The molecule has 96 valence electrons. The van der Waals surface area contributed by atoms with E-state index in [1.165, 1.54) is 11.8 Å². The molecule has 10 heteroatoms. The largest absolute Gasteiger partial charge is 0.375 e. The van der Waals surface area contributed by atoms with E-state index in [1.807, 2.05) is 0 Å². The normalized spacial score (nSPS) is 15.1. The molecule has 0 radical (unpaired) electrons. The summed E-state index contributed by atoms with van der Waals surface area (Å²) in [7, 11) is -3.11. The van der Waals surface area contributed by atoms with Crippen LogP contribution >= 0.6 is 0 Å². The number of likely N-dealkylation sites (tertiary alicyclic amines) is 1. The molecule has 9 nitrogen and oxygen atoms in total. The van der Waals surface area contributed by atoms with Crippen LogP contribution in [0.25, 0.3) is 0 Å². The molecule has 1 saturated heterocycles. The van der Waals surface area contributed by atoms with Gasteiger partial charge in [0, 0.05) is 20.1 Å². The van der Waals surface area contributed by atoms with Crippen molar-refractivity contribution in [2.45, 2.75) is 6.42 Å². The number of nitrogens with zero attached hydrogens (tertiary/aromatic N) is 1. The van der Waals surface area contributed by atoms with Crippen molar-refractivity contribution in [3.63, 3.8) is 0 Å². The third-order valence-electron chi connectivity index (χ3n) is 1.84. The first-order valence-corrected chi connectivity index (χ1v) is 6.00. The molecule has 1 aliphatic heterocycles. The third-order valence-corrected chi connectivity index (χ3v) is 2.78. The first-order valence-electron chi connectivity index (χ1n) is 4.52. The number of carbonyl (C=O) groups is 3. The average molecular weight is 265 g/mol. The van der Waals surface area contributed by atoms with Crippen molar-refractivity contribution in [2.75, 3.05) is 20.3 Å². The standard InChI is InChI=1S/C7H11N3O6S/c1-16-4-5(11)8-17(14,15)9-7(13)10-3-2-6(10)12/h2-4H2,1H3,(H,8,11)(H,9,13). The van der Waals surface area contributed by atoms with Crippen LogP contribution in [0.3, 0.4) is 0 Å². The second-order valence-electron chi connectivity index (χ2n) is 3.16. The lowest BCUT2D eigenvalue weighted by Crippen LogP contribution is -2.55. The predicted molar refractivity (Wildman–Crippen MR) is 53.8 cm³/mol. The quantitative estimate of drug-likeness (QED) is 0.563. The van der Waals surface area contributed by atoms with Gasteiger partial charge in [0.05, 0.1) is 0 Å². The molecular formula is C7H11N3O6S. The summed E-state index contributed by atoms with van der Waals surface area (Å²) in [6.45, 7) is -0.302. The number of imide groups is 1. The van der Waals surface area contributed by atoms with Gasteiger partial charge in [-0.15, -0.1) is 0 Å². The molecule has 1 aliphatic rings. The first kappa shape index (κ1) is 13.4. The number of methoxy groups -OCH3 is 1. The predicted octanol–water partition coefficient (Wildman–Crippen LogP) is -2.06. The maximum atomic E-state index is 11.2. The number of ether oxygens (including phenoxy) is 1. The summed E-state index contributed by atoms with van der Waals surface area (Å²) in [5.74, 6) is -1.40. The van der Waals surface area contributed by atoms with Gasteiger partial charge in [0.1, 0.15) is 6.61 Å². The van der Waals surface area contributed by atoms with Crippen molar-refractivity contribution < 1.29 is 27.5 Å². The number of hydrogen-bond donors (Lipinski definition) is 2. The minimum Gasteiger partial charge on any atom is -0.375 e. The van der Waals surface area contributed by atoms with E-state index in [9.17, 15) is 22.8 Å². The molecule has 0 atom stereocenters. The van der Waals surface area contributed by atoms with Crippen LogP contribution in [0.1, 0.15) is 6.42 Å². The maximum Gasteiger partial charge on any atom is 0.339 e. The zero-order valence-corrected chi connectivity index (χ0v) is 9.74. The maximum absolute atomic E-state index is 11.2. The number of nitrogens with one attached hydrogen (secondary N) is 2. The fourth-order valence-electron chi connectivity index (χ4n) is 1.04. The summed E-state index contributed by atoms with van der Waals surface area (Å²) >= 11 is 0. The first-order chi connectivity index (χ1) is 7.85. The van der Waals surface area contributed by atoms with Crippen LogP contribution < -0.4 is 9.44 Å². The van der Waals surface area contributed by atoms with E-state index in [2.05, 4.69) is 4.74 Å². The van der Waals surface area contributed by atoms with Gasteiger partial charge < -0.3 is 4.74 Å². The molecule has 0 aromatic carbocycles. The van der Waals surface area contributed by atoms with Crippen molar-refractivity contribution in [3.8, 4) is 0 Å². The highest BCUT2D eigenvalue weighted by Crippen LogP contribution is 2.08. The van der Waals surface area contributed by atoms with Crippen LogP contribution in [-0.4, -0.2) is 51.4 Å². The van der Waals surface area contributed by atoms with E-state index in [1.54, 1.807) is 4.72 Å². The molecule has 1 heterocycles. The van der Waals surface area contributed by atoms with Gasteiger partial charge in [-0.05, 0) is 0 Å². The van der Waals surface area contributed by atoms with E-state index in [-0.39, 0.29) is 13.0 Å². The van der Waals surface area contributed by atoms with Gasteiger partial charge in [-0.2, -0.15) is 8.42 Å². The Balaban J connectivity index is 2.51. The summed E-state index contributed by atoms with van der Waals surface area (Å²) in [4.78, 5) is 33.7. The SMILES string of the molecule is COCC(=O)NS(=O)(=O)NC(=O)N1CCC1=O. The Morgan fingerprint density at radius 1 is 1.41 bits per heavy atom. The Bertz CT molecular complexity index is 445. The summed E-state index contributed by atoms with van der Waals surface area (Å²) < 4.78 is 29.9. The molecule has 0 saturated carbocycles. The van der Waals surface area contributed by atoms with Crippen LogP contribution in [0.4, 0.5) is 4.79 Å². The highest BCUT2D eigenvalue weighted by atomic mass is 32.2. The second-order valence-corrected chi connectivity index (χ2v) is 4.58. The van der Waals surface area contributed by atoms with Crippen molar-refractivity contribution >= 4 is 28.1 Å². The van der Waals surface area contributed by atoms with Gasteiger partial charge in [0.2, 0.25) is 5.91 Å². The lowest BCUT2D eigenvalue weighted by Gasteiger charge is -2.28. The van der Waals surface area contributed by atoms with Gasteiger partial charge in [-0.1, -0.05) is 0 Å². The summed E-state index contributed by atoms with van der Waals surface area (Å²) in [5.41, 5.74) is 0. The molecule has 2 N–H and O–H groups in total. The molecule has 17 heavy (non-hydrogen) atoms. The number of rotatable bonds is 4. The molecule has 0 aromatic rings. The Labute approximate surface area is 97.3 Å². The molecule has 0 aromatic heterocycles. The lowest BCUT2D eigenvalue weighted by atomic mass is 10.2. The van der Waals surface area contributed by atoms with E-state index < -0.39 is 34.7 Å². The molecule has 4 amide bonds. The fraction of sp³-hybridized carbons (Fsp3) is 0.571. The van der Waals surface area contributed by atoms with Crippen LogP contribution in [-0.2, 0) is 24.5 Å². The fourth-order valence-corrected chi connectivity index (χ4v) is 1.79. The van der Waals surface area contributed by atoms with Gasteiger partial charge in [-0.3, -0.25) is 14.5 Å². The van der Waals surface area contributed by atoms with Crippen LogP contribution in [0.15, 0.2) is 0 Å². The van der Waals surface area contributed by atoms with Crippen LogP contribution in [0.5, 0.6) is 0 Å². The van der Waals surface area contributed by atoms with Crippen LogP contribution in [0, 0.1) is 0 Å². The van der Waals surface area contributed by atoms with Crippen molar-refractivity contribution in [1.29, 1.82) is 0 Å². The Morgan fingerprint density at radius 3 is 2.47 bits per heavy atom. The van der Waals surface area contributed by atoms with Crippen molar-refractivity contribution in [3.05, 3.63) is 0 Å². The molecule has 0 aliphatic carbocycles. The van der Waals surface area contributed by atoms with Gasteiger partial charge in [0.15, 0.2) is 0 Å². The molecule has 0 spiro atoms. The average Bonchev–Trinajstić information content (AvgIpc) is 2.13. The highest BCUT2D eigenvalue weighted by Gasteiger charge is 2.32. The number of hydrogen-bond acceptors (Lipinski definition) is 6. The minimum absolute atomic E-state index is 0.159. The summed E-state index contributed by atoms with van der Waals surface area (Å²) in [6.07, 6.45) is 0.198. The van der Waals surface area contributed by atoms with Gasteiger partial charge >= 0.3 is 16.2 Å². The smallest absolute Gasteiger partial charge is 0.339 e. The van der Waals surface area contributed by atoms with E-state index >= 15 is 0 Å². The van der Waals surface area contributed by atoms with Crippen molar-refractivity contribution in [1.82, 2.24) is 14.3 Å². The van der Waals surface area contributed by atoms with E-state index in [0.717, 1.165) is 4.90 Å². The summed E-state index contributed by atoms with van der Waals surface area (Å²) in [5, 5.41) is 0. The molecular weight excluding hydrogens is 254 g/mol. The Kier molecular flexibility index (Phi) is 4.02. The highest BCUT2D eigenvalue weighted by molar-refractivity contribution is 7.88. The number of carbonyl (C=O) groups excluding carboxylic acids is 3.